The molecule has 0 aliphatic carbocycles. The Morgan fingerprint density at radius 3 is 2.16 bits per heavy atom. The number of hydrogen-bond acceptors (Lipinski definition) is 3. The van der Waals surface area contributed by atoms with Gasteiger partial charge in [-0.25, -0.2) is 0 Å². The average molecular weight is 265 g/mol. The minimum Gasteiger partial charge on any atom is -0.382 e. The van der Waals surface area contributed by atoms with E-state index in [0.29, 0.717) is 25.2 Å². The molecule has 0 aliphatic rings. The SMILES string of the molecule is COCCOCCNC(C)c1ccc(C(C)C)cc1. The molecule has 3 nitrogen and oxygen atoms in total. The minimum absolute atomic E-state index is 0.354. The van der Waals surface area contributed by atoms with Crippen molar-refractivity contribution in [3.05, 3.63) is 35.4 Å². The number of rotatable bonds is 9. The van der Waals surface area contributed by atoms with Crippen LogP contribution in [0.4, 0.5) is 0 Å². The van der Waals surface area contributed by atoms with Crippen LogP contribution in [0.25, 0.3) is 0 Å². The maximum Gasteiger partial charge on any atom is 0.0700 e. The molecule has 108 valence electrons. The van der Waals surface area contributed by atoms with Crippen LogP contribution in [0.1, 0.15) is 43.9 Å². The van der Waals surface area contributed by atoms with Gasteiger partial charge in [0.1, 0.15) is 0 Å². The number of benzene rings is 1. The molecular weight excluding hydrogens is 238 g/mol. The normalized spacial score (nSPS) is 12.9. The lowest BCUT2D eigenvalue weighted by atomic mass is 10.00. The van der Waals surface area contributed by atoms with Crippen LogP contribution in [0.2, 0.25) is 0 Å². The van der Waals surface area contributed by atoms with Crippen LogP contribution in [-0.4, -0.2) is 33.5 Å². The third kappa shape index (κ3) is 6.19. The van der Waals surface area contributed by atoms with Crippen molar-refractivity contribution >= 4 is 0 Å². The summed E-state index contributed by atoms with van der Waals surface area (Å²) in [6.45, 7) is 9.51. The Morgan fingerprint density at radius 2 is 1.58 bits per heavy atom. The van der Waals surface area contributed by atoms with E-state index >= 15 is 0 Å². The molecule has 1 aromatic rings. The van der Waals surface area contributed by atoms with E-state index in [9.17, 15) is 0 Å². The fourth-order valence-electron chi connectivity index (χ4n) is 1.88. The van der Waals surface area contributed by atoms with E-state index in [1.54, 1.807) is 7.11 Å². The smallest absolute Gasteiger partial charge is 0.0700 e. The van der Waals surface area contributed by atoms with Gasteiger partial charge < -0.3 is 14.8 Å². The van der Waals surface area contributed by atoms with Crippen molar-refractivity contribution in [3.63, 3.8) is 0 Å². The summed E-state index contributed by atoms with van der Waals surface area (Å²) in [6.07, 6.45) is 0. The van der Waals surface area contributed by atoms with Crippen molar-refractivity contribution in [1.82, 2.24) is 5.32 Å². The van der Waals surface area contributed by atoms with Crippen molar-refractivity contribution in [2.75, 3.05) is 33.5 Å². The standard InChI is InChI=1S/C16H27NO2/c1-13(2)15-5-7-16(8-6-15)14(3)17-9-10-19-12-11-18-4/h5-8,13-14,17H,9-12H2,1-4H3. The highest BCUT2D eigenvalue weighted by atomic mass is 16.5. The molecule has 0 radical (unpaired) electrons. The first-order valence-corrected chi connectivity index (χ1v) is 7.05. The Bertz CT molecular complexity index is 335. The lowest BCUT2D eigenvalue weighted by molar-refractivity contribution is 0.0712. The lowest BCUT2D eigenvalue weighted by Gasteiger charge is -2.15. The van der Waals surface area contributed by atoms with Crippen LogP contribution < -0.4 is 5.32 Å². The first-order valence-electron chi connectivity index (χ1n) is 7.05. The molecule has 0 amide bonds. The molecule has 0 saturated heterocycles. The summed E-state index contributed by atoms with van der Waals surface area (Å²) in [7, 11) is 1.69. The van der Waals surface area contributed by atoms with Crippen molar-refractivity contribution in [2.45, 2.75) is 32.7 Å². The van der Waals surface area contributed by atoms with Crippen LogP contribution in [0, 0.1) is 0 Å². The van der Waals surface area contributed by atoms with Gasteiger partial charge in [0.05, 0.1) is 19.8 Å². The summed E-state index contributed by atoms with van der Waals surface area (Å²) in [5, 5.41) is 3.46. The van der Waals surface area contributed by atoms with E-state index in [4.69, 9.17) is 9.47 Å². The summed E-state index contributed by atoms with van der Waals surface area (Å²) in [4.78, 5) is 0. The Morgan fingerprint density at radius 1 is 0.947 bits per heavy atom. The van der Waals surface area contributed by atoms with Gasteiger partial charge in [-0.2, -0.15) is 0 Å². The van der Waals surface area contributed by atoms with Gasteiger partial charge in [-0.1, -0.05) is 38.1 Å². The van der Waals surface area contributed by atoms with Gasteiger partial charge >= 0.3 is 0 Å². The van der Waals surface area contributed by atoms with E-state index in [1.165, 1.54) is 11.1 Å². The maximum absolute atomic E-state index is 5.42. The second-order valence-corrected chi connectivity index (χ2v) is 5.10. The number of hydrogen-bond donors (Lipinski definition) is 1. The molecule has 0 spiro atoms. The van der Waals surface area contributed by atoms with Crippen molar-refractivity contribution in [3.8, 4) is 0 Å². The van der Waals surface area contributed by atoms with E-state index in [1.807, 2.05) is 0 Å². The molecule has 0 aliphatic heterocycles. The van der Waals surface area contributed by atoms with Crippen LogP contribution in [-0.2, 0) is 9.47 Å². The van der Waals surface area contributed by atoms with E-state index in [2.05, 4.69) is 50.4 Å². The summed E-state index contributed by atoms with van der Waals surface area (Å²) in [5.74, 6) is 0.589. The molecule has 1 aromatic carbocycles. The second-order valence-electron chi connectivity index (χ2n) is 5.10. The molecular formula is C16H27NO2. The monoisotopic (exact) mass is 265 g/mol. The van der Waals surface area contributed by atoms with E-state index in [-0.39, 0.29) is 0 Å². The minimum atomic E-state index is 0.354. The zero-order valence-electron chi connectivity index (χ0n) is 12.6. The molecule has 0 fully saturated rings. The molecule has 1 atom stereocenters. The highest BCUT2D eigenvalue weighted by Crippen LogP contribution is 2.18. The predicted molar refractivity (Wildman–Crippen MR) is 79.6 cm³/mol. The van der Waals surface area contributed by atoms with Crippen LogP contribution in [0.3, 0.4) is 0 Å². The van der Waals surface area contributed by atoms with Gasteiger partial charge in [0.25, 0.3) is 0 Å². The molecule has 0 bridgehead atoms. The van der Waals surface area contributed by atoms with Crippen LogP contribution >= 0.6 is 0 Å². The zero-order valence-corrected chi connectivity index (χ0v) is 12.6. The molecule has 19 heavy (non-hydrogen) atoms. The summed E-state index contributed by atoms with van der Waals surface area (Å²) >= 11 is 0. The van der Waals surface area contributed by atoms with E-state index in [0.717, 1.165) is 13.2 Å². The zero-order chi connectivity index (χ0) is 14.1. The highest BCUT2D eigenvalue weighted by Gasteiger charge is 2.05. The molecule has 1 N–H and O–H groups in total. The quantitative estimate of drug-likeness (QED) is 0.696. The fraction of sp³-hybridized carbons (Fsp3) is 0.625. The lowest BCUT2D eigenvalue weighted by Crippen LogP contribution is -2.23. The third-order valence-electron chi connectivity index (χ3n) is 3.23. The predicted octanol–water partition coefficient (Wildman–Crippen LogP) is 3.12. The van der Waals surface area contributed by atoms with Crippen molar-refractivity contribution in [2.24, 2.45) is 0 Å². The second kappa shape index (κ2) is 9.08. The summed E-state index contributed by atoms with van der Waals surface area (Å²) in [5.41, 5.74) is 2.71. The van der Waals surface area contributed by atoms with Gasteiger partial charge in [0.15, 0.2) is 0 Å². The summed E-state index contributed by atoms with van der Waals surface area (Å²) < 4.78 is 10.3. The maximum atomic E-state index is 5.42. The van der Waals surface area contributed by atoms with Crippen molar-refractivity contribution in [1.29, 1.82) is 0 Å². The number of nitrogens with one attached hydrogen (secondary N) is 1. The Hall–Kier alpha value is -0.900. The highest BCUT2D eigenvalue weighted by molar-refractivity contribution is 5.26. The first-order chi connectivity index (χ1) is 9.15. The molecule has 0 saturated carbocycles. The van der Waals surface area contributed by atoms with Gasteiger partial charge in [0, 0.05) is 19.7 Å². The molecule has 3 heteroatoms. The average Bonchev–Trinajstić information content (AvgIpc) is 2.42. The van der Waals surface area contributed by atoms with Gasteiger partial charge in [0.2, 0.25) is 0 Å². The van der Waals surface area contributed by atoms with Gasteiger partial charge in [-0.05, 0) is 24.0 Å². The Labute approximate surface area is 117 Å². The molecule has 1 unspecified atom stereocenters. The molecule has 0 aromatic heterocycles. The number of methoxy groups -OCH3 is 1. The van der Waals surface area contributed by atoms with Gasteiger partial charge in [-0.15, -0.1) is 0 Å². The third-order valence-corrected chi connectivity index (χ3v) is 3.23. The largest absolute Gasteiger partial charge is 0.382 e. The summed E-state index contributed by atoms with van der Waals surface area (Å²) in [6, 6.07) is 9.20. The Balaban J connectivity index is 2.27. The fourth-order valence-corrected chi connectivity index (χ4v) is 1.88. The van der Waals surface area contributed by atoms with Crippen LogP contribution in [0.15, 0.2) is 24.3 Å². The first kappa shape index (κ1) is 16.2. The Kier molecular flexibility index (Phi) is 7.72. The topological polar surface area (TPSA) is 30.5 Å². The van der Waals surface area contributed by atoms with Crippen LogP contribution in [0.5, 0.6) is 0 Å². The van der Waals surface area contributed by atoms with Crippen molar-refractivity contribution < 1.29 is 9.47 Å². The molecule has 0 heterocycles. The van der Waals surface area contributed by atoms with E-state index < -0.39 is 0 Å². The number of ether oxygens (including phenoxy) is 2. The van der Waals surface area contributed by atoms with Gasteiger partial charge in [-0.3, -0.25) is 0 Å². The molecule has 1 rings (SSSR count).